The number of ether oxygens (including phenoxy) is 2. The molecule has 116 valence electrons. The monoisotopic (exact) mass is 292 g/mol. The Morgan fingerprint density at radius 3 is 2.33 bits per heavy atom. The molecule has 1 fully saturated rings. The molecule has 0 radical (unpaired) electrons. The van der Waals surface area contributed by atoms with E-state index in [1.54, 1.807) is 0 Å². The Bertz CT molecular complexity index is 458. The van der Waals surface area contributed by atoms with Gasteiger partial charge < -0.3 is 14.6 Å². The van der Waals surface area contributed by atoms with E-state index >= 15 is 0 Å². The topological polar surface area (TPSA) is 55.8 Å². The van der Waals surface area contributed by atoms with Crippen molar-refractivity contribution in [3.8, 4) is 5.75 Å². The van der Waals surface area contributed by atoms with Crippen molar-refractivity contribution < 1.29 is 19.4 Å². The third-order valence-corrected chi connectivity index (χ3v) is 4.14. The van der Waals surface area contributed by atoms with Crippen LogP contribution in [-0.4, -0.2) is 24.3 Å². The van der Waals surface area contributed by atoms with Crippen molar-refractivity contribution in [2.24, 2.45) is 5.92 Å². The van der Waals surface area contributed by atoms with Gasteiger partial charge in [0.05, 0.1) is 24.7 Å². The van der Waals surface area contributed by atoms with E-state index in [0.29, 0.717) is 38.9 Å². The summed E-state index contributed by atoms with van der Waals surface area (Å²) in [6.45, 7) is 4.80. The summed E-state index contributed by atoms with van der Waals surface area (Å²) in [6.07, 6.45) is 2.51. The predicted octanol–water partition coefficient (Wildman–Crippen LogP) is 3.03. The van der Waals surface area contributed by atoms with Crippen LogP contribution in [0, 0.1) is 5.92 Å². The van der Waals surface area contributed by atoms with Gasteiger partial charge in [0, 0.05) is 0 Å². The summed E-state index contributed by atoms with van der Waals surface area (Å²) in [5, 5.41) is 10.8. The molecule has 0 aromatic heterocycles. The van der Waals surface area contributed by atoms with Gasteiger partial charge in [0.2, 0.25) is 0 Å². The number of aliphatic hydroxyl groups is 1. The van der Waals surface area contributed by atoms with Crippen molar-refractivity contribution in [2.45, 2.75) is 45.1 Å². The molecule has 0 aliphatic heterocycles. The molecule has 0 saturated heterocycles. The second-order valence-corrected chi connectivity index (χ2v) is 5.52. The van der Waals surface area contributed by atoms with Crippen molar-refractivity contribution >= 4 is 5.97 Å². The van der Waals surface area contributed by atoms with Crippen molar-refractivity contribution in [3.63, 3.8) is 0 Å². The second kappa shape index (κ2) is 6.94. The maximum absolute atomic E-state index is 11.7. The van der Waals surface area contributed by atoms with Crippen LogP contribution in [0.25, 0.3) is 0 Å². The fraction of sp³-hybridized carbons (Fsp3) is 0.588. The van der Waals surface area contributed by atoms with Crippen molar-refractivity contribution in [2.75, 3.05) is 13.2 Å². The van der Waals surface area contributed by atoms with E-state index in [-0.39, 0.29) is 11.9 Å². The number of carbonyl (C=O) groups excluding carboxylic acids is 1. The van der Waals surface area contributed by atoms with Gasteiger partial charge in [0.15, 0.2) is 0 Å². The number of hydrogen-bond acceptors (Lipinski definition) is 4. The Morgan fingerprint density at radius 1 is 1.19 bits per heavy atom. The Balaban J connectivity index is 1.99. The molecule has 0 atom stereocenters. The lowest BCUT2D eigenvalue weighted by atomic mass is 9.75. The lowest BCUT2D eigenvalue weighted by Gasteiger charge is -2.35. The van der Waals surface area contributed by atoms with E-state index in [2.05, 4.69) is 0 Å². The normalized spacial score (nSPS) is 25.4. The van der Waals surface area contributed by atoms with Crippen LogP contribution in [0.4, 0.5) is 0 Å². The van der Waals surface area contributed by atoms with E-state index in [0.717, 1.165) is 11.3 Å². The quantitative estimate of drug-likeness (QED) is 0.848. The maximum atomic E-state index is 11.7. The molecule has 0 amide bonds. The zero-order chi connectivity index (χ0) is 15.3. The first-order valence-electron chi connectivity index (χ1n) is 7.71. The summed E-state index contributed by atoms with van der Waals surface area (Å²) in [7, 11) is 0. The van der Waals surface area contributed by atoms with Crippen LogP contribution in [-0.2, 0) is 15.1 Å². The van der Waals surface area contributed by atoms with Gasteiger partial charge >= 0.3 is 5.97 Å². The van der Waals surface area contributed by atoms with Crippen LogP contribution < -0.4 is 4.74 Å². The Kier molecular flexibility index (Phi) is 5.23. The molecule has 0 spiro atoms. The molecule has 0 unspecified atom stereocenters. The third-order valence-electron chi connectivity index (χ3n) is 4.14. The van der Waals surface area contributed by atoms with Crippen LogP contribution in [0.3, 0.4) is 0 Å². The summed E-state index contributed by atoms with van der Waals surface area (Å²) in [5.41, 5.74) is 0.0570. The fourth-order valence-electron chi connectivity index (χ4n) is 2.91. The minimum atomic E-state index is -0.840. The van der Waals surface area contributed by atoms with E-state index in [9.17, 15) is 9.90 Å². The van der Waals surface area contributed by atoms with E-state index < -0.39 is 5.60 Å². The van der Waals surface area contributed by atoms with E-state index in [4.69, 9.17) is 9.47 Å². The second-order valence-electron chi connectivity index (χ2n) is 5.52. The average Bonchev–Trinajstić information content (AvgIpc) is 2.49. The molecule has 1 aromatic rings. The van der Waals surface area contributed by atoms with Crippen LogP contribution in [0.2, 0.25) is 0 Å². The van der Waals surface area contributed by atoms with Gasteiger partial charge in [-0.05, 0) is 57.2 Å². The summed E-state index contributed by atoms with van der Waals surface area (Å²) in [6, 6.07) is 7.59. The van der Waals surface area contributed by atoms with Crippen LogP contribution >= 0.6 is 0 Å². The van der Waals surface area contributed by atoms with Gasteiger partial charge in [0.1, 0.15) is 5.75 Å². The number of hydrogen-bond donors (Lipinski definition) is 1. The lowest BCUT2D eigenvalue weighted by molar-refractivity contribution is -0.151. The highest BCUT2D eigenvalue weighted by Gasteiger charge is 2.37. The Hall–Kier alpha value is -1.55. The van der Waals surface area contributed by atoms with Crippen LogP contribution in [0.5, 0.6) is 5.75 Å². The largest absolute Gasteiger partial charge is 0.494 e. The molecule has 1 N–H and O–H groups in total. The molecule has 1 aliphatic carbocycles. The molecule has 4 nitrogen and oxygen atoms in total. The van der Waals surface area contributed by atoms with Crippen molar-refractivity contribution in [1.82, 2.24) is 0 Å². The number of rotatable bonds is 5. The molecular formula is C17H24O4. The highest BCUT2D eigenvalue weighted by Crippen LogP contribution is 2.40. The number of esters is 1. The average molecular weight is 292 g/mol. The molecule has 1 saturated carbocycles. The first-order valence-corrected chi connectivity index (χ1v) is 7.71. The molecule has 0 bridgehead atoms. The van der Waals surface area contributed by atoms with E-state index in [1.165, 1.54) is 0 Å². The van der Waals surface area contributed by atoms with Crippen LogP contribution in [0.15, 0.2) is 24.3 Å². The number of carbonyl (C=O) groups is 1. The molecule has 0 heterocycles. The fourth-order valence-corrected chi connectivity index (χ4v) is 2.91. The van der Waals surface area contributed by atoms with Crippen molar-refractivity contribution in [1.29, 1.82) is 0 Å². The SMILES string of the molecule is CCOC(=O)C1CCC(O)(c2ccc(OCC)cc2)CC1. The summed E-state index contributed by atoms with van der Waals surface area (Å²) in [5.74, 6) is 0.601. The van der Waals surface area contributed by atoms with Gasteiger partial charge in [-0.15, -0.1) is 0 Å². The van der Waals surface area contributed by atoms with Gasteiger partial charge in [0.25, 0.3) is 0 Å². The molecule has 1 aromatic carbocycles. The van der Waals surface area contributed by atoms with E-state index in [1.807, 2.05) is 38.1 Å². The molecule has 4 heteroatoms. The highest BCUT2D eigenvalue weighted by atomic mass is 16.5. The highest BCUT2D eigenvalue weighted by molar-refractivity contribution is 5.72. The lowest BCUT2D eigenvalue weighted by Crippen LogP contribution is -2.34. The number of benzene rings is 1. The third kappa shape index (κ3) is 3.76. The summed E-state index contributed by atoms with van der Waals surface area (Å²) < 4.78 is 10.5. The zero-order valence-electron chi connectivity index (χ0n) is 12.8. The Morgan fingerprint density at radius 2 is 1.81 bits per heavy atom. The minimum Gasteiger partial charge on any atom is -0.494 e. The van der Waals surface area contributed by atoms with Gasteiger partial charge in [-0.25, -0.2) is 0 Å². The zero-order valence-corrected chi connectivity index (χ0v) is 12.8. The van der Waals surface area contributed by atoms with Gasteiger partial charge in [-0.1, -0.05) is 12.1 Å². The Labute approximate surface area is 126 Å². The van der Waals surface area contributed by atoms with Gasteiger partial charge in [-0.2, -0.15) is 0 Å². The predicted molar refractivity (Wildman–Crippen MR) is 80.1 cm³/mol. The first kappa shape index (κ1) is 15.8. The first-order chi connectivity index (χ1) is 10.1. The summed E-state index contributed by atoms with van der Waals surface area (Å²) >= 11 is 0. The van der Waals surface area contributed by atoms with Gasteiger partial charge in [-0.3, -0.25) is 4.79 Å². The molecule has 21 heavy (non-hydrogen) atoms. The maximum Gasteiger partial charge on any atom is 0.308 e. The van der Waals surface area contributed by atoms with Crippen LogP contribution in [0.1, 0.15) is 45.1 Å². The summed E-state index contributed by atoms with van der Waals surface area (Å²) in [4.78, 5) is 11.7. The smallest absolute Gasteiger partial charge is 0.308 e. The molecule has 2 rings (SSSR count). The molecular weight excluding hydrogens is 268 g/mol. The van der Waals surface area contributed by atoms with Crippen molar-refractivity contribution in [3.05, 3.63) is 29.8 Å². The minimum absolute atomic E-state index is 0.0760. The standard InChI is InChI=1S/C17H24O4/c1-3-20-15-7-5-14(6-8-15)17(19)11-9-13(10-12-17)16(18)21-4-2/h5-8,13,19H,3-4,9-12H2,1-2H3. The molecule has 1 aliphatic rings.